The number of pyridine rings is 1. The Labute approximate surface area is 129 Å². The average molecular weight is 304 g/mol. The highest BCUT2D eigenvalue weighted by Crippen LogP contribution is 2.08. The van der Waals surface area contributed by atoms with E-state index in [9.17, 15) is 14.4 Å². The number of hydrogen-bond donors (Lipinski definition) is 2. The predicted octanol–water partition coefficient (Wildman–Crippen LogP) is 0.591. The van der Waals surface area contributed by atoms with Gasteiger partial charge in [-0.05, 0) is 24.5 Å². The molecule has 0 saturated carbocycles. The summed E-state index contributed by atoms with van der Waals surface area (Å²) < 4.78 is 0. The summed E-state index contributed by atoms with van der Waals surface area (Å²) in [5.74, 6) is -0.465. The van der Waals surface area contributed by atoms with E-state index in [4.69, 9.17) is 0 Å². The number of carbonyl (C=O) groups is 3. The first-order valence-corrected chi connectivity index (χ1v) is 7.28. The van der Waals surface area contributed by atoms with Crippen molar-refractivity contribution in [2.45, 2.75) is 38.8 Å². The Hall–Kier alpha value is -2.44. The van der Waals surface area contributed by atoms with Gasteiger partial charge < -0.3 is 10.2 Å². The minimum absolute atomic E-state index is 0.0877. The zero-order chi connectivity index (χ0) is 16.1. The molecule has 0 bridgehead atoms. The van der Waals surface area contributed by atoms with Crippen molar-refractivity contribution in [2.75, 3.05) is 7.05 Å². The molecule has 0 unspecified atom stereocenters. The molecule has 2 N–H and O–H groups in total. The Bertz CT molecular complexity index is 571. The molecule has 0 spiro atoms. The third-order valence-corrected chi connectivity index (χ3v) is 3.62. The van der Waals surface area contributed by atoms with Gasteiger partial charge in [0.1, 0.15) is 6.04 Å². The SMILES string of the molecule is CCc1ccc(CN(C)C(=O)CC[C@H]2NC(=O)NC2=O)nc1. The second kappa shape index (κ2) is 7.02. The lowest BCUT2D eigenvalue weighted by Crippen LogP contribution is -2.32. The van der Waals surface area contributed by atoms with E-state index in [1.54, 1.807) is 11.9 Å². The molecule has 22 heavy (non-hydrogen) atoms. The third kappa shape index (κ3) is 4.03. The molecule has 1 aliphatic rings. The lowest BCUT2D eigenvalue weighted by atomic mass is 10.1. The summed E-state index contributed by atoms with van der Waals surface area (Å²) in [4.78, 5) is 40.3. The Morgan fingerprint density at radius 3 is 2.68 bits per heavy atom. The van der Waals surface area contributed by atoms with Crippen LogP contribution in [0.1, 0.15) is 31.0 Å². The molecule has 2 rings (SSSR count). The predicted molar refractivity (Wildman–Crippen MR) is 79.8 cm³/mol. The molecule has 1 atom stereocenters. The normalized spacial score (nSPS) is 17.1. The highest BCUT2D eigenvalue weighted by Gasteiger charge is 2.29. The summed E-state index contributed by atoms with van der Waals surface area (Å²) in [6, 6.07) is 2.79. The van der Waals surface area contributed by atoms with Gasteiger partial charge >= 0.3 is 6.03 Å². The zero-order valence-corrected chi connectivity index (χ0v) is 12.8. The second-order valence-corrected chi connectivity index (χ2v) is 5.32. The van der Waals surface area contributed by atoms with E-state index < -0.39 is 12.1 Å². The number of rotatable bonds is 6. The van der Waals surface area contributed by atoms with Crippen LogP contribution in [0.25, 0.3) is 0 Å². The van der Waals surface area contributed by atoms with E-state index >= 15 is 0 Å². The van der Waals surface area contributed by atoms with Crippen molar-refractivity contribution in [1.82, 2.24) is 20.5 Å². The van der Waals surface area contributed by atoms with E-state index in [1.807, 2.05) is 18.3 Å². The molecule has 118 valence electrons. The topological polar surface area (TPSA) is 91.4 Å². The summed E-state index contributed by atoms with van der Waals surface area (Å²) in [5.41, 5.74) is 1.97. The molecule has 1 aromatic heterocycles. The Kier molecular flexibility index (Phi) is 5.08. The van der Waals surface area contributed by atoms with Gasteiger partial charge in [-0.3, -0.25) is 19.9 Å². The molecule has 2 heterocycles. The van der Waals surface area contributed by atoms with E-state index in [0.717, 1.165) is 17.7 Å². The van der Waals surface area contributed by atoms with Crippen LogP contribution in [0.3, 0.4) is 0 Å². The van der Waals surface area contributed by atoms with E-state index in [-0.39, 0.29) is 18.2 Å². The molecule has 1 aromatic rings. The summed E-state index contributed by atoms with van der Waals surface area (Å²) in [6.45, 7) is 2.48. The number of carbonyl (C=O) groups excluding carboxylic acids is 3. The number of imide groups is 1. The van der Waals surface area contributed by atoms with Gasteiger partial charge in [-0.2, -0.15) is 0 Å². The molecule has 0 aromatic carbocycles. The Balaban J connectivity index is 1.81. The summed E-state index contributed by atoms with van der Waals surface area (Å²) in [7, 11) is 1.70. The van der Waals surface area contributed by atoms with Crippen LogP contribution in [0.5, 0.6) is 0 Å². The molecule has 0 aliphatic carbocycles. The van der Waals surface area contributed by atoms with Gasteiger partial charge in [-0.25, -0.2) is 4.79 Å². The number of nitrogens with one attached hydrogen (secondary N) is 2. The van der Waals surface area contributed by atoms with Crippen LogP contribution in [-0.2, 0) is 22.6 Å². The summed E-state index contributed by atoms with van der Waals surface area (Å²) in [6.07, 6.45) is 3.23. The summed E-state index contributed by atoms with van der Waals surface area (Å²) >= 11 is 0. The number of aryl methyl sites for hydroxylation is 1. The minimum atomic E-state index is -0.619. The van der Waals surface area contributed by atoms with Gasteiger partial charge in [0.25, 0.3) is 5.91 Å². The molecule has 0 radical (unpaired) electrons. The number of urea groups is 1. The van der Waals surface area contributed by atoms with Crippen LogP contribution in [-0.4, -0.2) is 40.8 Å². The first-order chi connectivity index (χ1) is 10.5. The van der Waals surface area contributed by atoms with Gasteiger partial charge in [0.05, 0.1) is 12.2 Å². The maximum Gasteiger partial charge on any atom is 0.322 e. The molecule has 4 amide bonds. The largest absolute Gasteiger partial charge is 0.340 e. The lowest BCUT2D eigenvalue weighted by Gasteiger charge is -2.17. The molecule has 1 fully saturated rings. The van der Waals surface area contributed by atoms with Gasteiger partial charge in [0, 0.05) is 19.7 Å². The minimum Gasteiger partial charge on any atom is -0.340 e. The molecule has 7 nitrogen and oxygen atoms in total. The average Bonchev–Trinajstić information content (AvgIpc) is 2.83. The first kappa shape index (κ1) is 15.9. The Morgan fingerprint density at radius 2 is 2.14 bits per heavy atom. The third-order valence-electron chi connectivity index (χ3n) is 3.62. The van der Waals surface area contributed by atoms with Crippen LogP contribution in [0.2, 0.25) is 0 Å². The molecular weight excluding hydrogens is 284 g/mol. The van der Waals surface area contributed by atoms with Crippen molar-refractivity contribution in [3.05, 3.63) is 29.6 Å². The van der Waals surface area contributed by atoms with E-state index in [2.05, 4.69) is 22.5 Å². The first-order valence-electron chi connectivity index (χ1n) is 7.28. The Morgan fingerprint density at radius 1 is 1.36 bits per heavy atom. The fourth-order valence-corrected chi connectivity index (χ4v) is 2.21. The number of nitrogens with zero attached hydrogens (tertiary/aromatic N) is 2. The quantitative estimate of drug-likeness (QED) is 0.753. The van der Waals surface area contributed by atoms with Crippen molar-refractivity contribution < 1.29 is 14.4 Å². The second-order valence-electron chi connectivity index (χ2n) is 5.32. The van der Waals surface area contributed by atoms with Crippen molar-refractivity contribution in [2.24, 2.45) is 0 Å². The van der Waals surface area contributed by atoms with E-state index in [0.29, 0.717) is 13.0 Å². The number of amides is 4. The van der Waals surface area contributed by atoms with Crippen molar-refractivity contribution in [1.29, 1.82) is 0 Å². The van der Waals surface area contributed by atoms with E-state index in [1.165, 1.54) is 0 Å². The molecule has 1 saturated heterocycles. The fourth-order valence-electron chi connectivity index (χ4n) is 2.21. The number of hydrogen-bond acceptors (Lipinski definition) is 4. The van der Waals surface area contributed by atoms with Crippen molar-refractivity contribution in [3.8, 4) is 0 Å². The van der Waals surface area contributed by atoms with Gasteiger partial charge in [-0.1, -0.05) is 13.0 Å². The highest BCUT2D eigenvalue weighted by molar-refractivity contribution is 6.04. The molecule has 1 aliphatic heterocycles. The van der Waals surface area contributed by atoms with Crippen LogP contribution < -0.4 is 10.6 Å². The molecular formula is C15H20N4O3. The number of aromatic nitrogens is 1. The van der Waals surface area contributed by atoms with Gasteiger partial charge in [0.2, 0.25) is 5.91 Å². The maximum absolute atomic E-state index is 12.1. The monoisotopic (exact) mass is 304 g/mol. The standard InChI is InChI=1S/C15H20N4O3/c1-3-10-4-5-11(16-8-10)9-19(2)13(20)7-6-12-14(21)18-15(22)17-12/h4-5,8,12H,3,6-7,9H2,1-2H3,(H2,17,18,21,22)/t12-/m1/s1. The lowest BCUT2D eigenvalue weighted by molar-refractivity contribution is -0.130. The molecule has 7 heteroatoms. The summed E-state index contributed by atoms with van der Waals surface area (Å²) in [5, 5.41) is 4.62. The van der Waals surface area contributed by atoms with Crippen LogP contribution in [0.4, 0.5) is 4.79 Å². The van der Waals surface area contributed by atoms with Crippen LogP contribution in [0, 0.1) is 0 Å². The maximum atomic E-state index is 12.1. The van der Waals surface area contributed by atoms with Crippen LogP contribution >= 0.6 is 0 Å². The highest BCUT2D eigenvalue weighted by atomic mass is 16.2. The van der Waals surface area contributed by atoms with Crippen LogP contribution in [0.15, 0.2) is 18.3 Å². The zero-order valence-electron chi connectivity index (χ0n) is 12.8. The fraction of sp³-hybridized carbons (Fsp3) is 0.467. The van der Waals surface area contributed by atoms with Gasteiger partial charge in [-0.15, -0.1) is 0 Å². The van der Waals surface area contributed by atoms with Crippen molar-refractivity contribution in [3.63, 3.8) is 0 Å². The smallest absolute Gasteiger partial charge is 0.322 e. The van der Waals surface area contributed by atoms with Crippen molar-refractivity contribution >= 4 is 17.8 Å². The van der Waals surface area contributed by atoms with Gasteiger partial charge in [0.15, 0.2) is 0 Å².